The van der Waals surface area contributed by atoms with Gasteiger partial charge in [0.05, 0.1) is 4.90 Å². The molecule has 0 aliphatic carbocycles. The number of hydrogen-bond acceptors (Lipinski definition) is 5. The van der Waals surface area contributed by atoms with E-state index in [1.54, 1.807) is 0 Å². The molecule has 1 aliphatic heterocycles. The quantitative estimate of drug-likeness (QED) is 0.715. The van der Waals surface area contributed by atoms with Crippen molar-refractivity contribution in [2.24, 2.45) is 5.14 Å². The van der Waals surface area contributed by atoms with Crippen LogP contribution in [0.2, 0.25) is 0 Å². The average Bonchev–Trinajstić information content (AvgIpc) is 2.63. The van der Waals surface area contributed by atoms with Crippen molar-refractivity contribution in [2.75, 3.05) is 16.8 Å². The topological polar surface area (TPSA) is 118 Å². The Morgan fingerprint density at radius 3 is 2.62 bits per heavy atom. The lowest BCUT2D eigenvalue weighted by Crippen LogP contribution is -2.44. The zero-order valence-corrected chi connectivity index (χ0v) is 12.7. The smallest absolute Gasteiger partial charge is 0.247 e. The number of anilines is 1. The zero-order chi connectivity index (χ0) is 15.5. The van der Waals surface area contributed by atoms with E-state index in [9.17, 15) is 18.0 Å². The van der Waals surface area contributed by atoms with Crippen LogP contribution in [0, 0.1) is 0 Å². The zero-order valence-electron chi connectivity index (χ0n) is 11.0. The molecule has 0 radical (unpaired) electrons. The summed E-state index contributed by atoms with van der Waals surface area (Å²) in [4.78, 5) is 23.5. The highest BCUT2D eigenvalue weighted by molar-refractivity contribution is 7.99. The van der Waals surface area contributed by atoms with Crippen LogP contribution in [0.4, 0.5) is 5.69 Å². The van der Waals surface area contributed by atoms with Gasteiger partial charge < -0.3 is 10.6 Å². The molecular weight excluding hydrogens is 314 g/mol. The highest BCUT2D eigenvalue weighted by Gasteiger charge is 2.23. The lowest BCUT2D eigenvalue weighted by Gasteiger charge is -2.15. The maximum absolute atomic E-state index is 12.1. The molecule has 1 unspecified atom stereocenters. The van der Waals surface area contributed by atoms with Crippen molar-refractivity contribution in [3.63, 3.8) is 0 Å². The van der Waals surface area contributed by atoms with Gasteiger partial charge in [-0.05, 0) is 24.3 Å². The molecule has 9 heteroatoms. The van der Waals surface area contributed by atoms with Crippen LogP contribution in [0.15, 0.2) is 29.2 Å². The Balaban J connectivity index is 2.03. The van der Waals surface area contributed by atoms with E-state index in [1.165, 1.54) is 36.0 Å². The minimum atomic E-state index is -3.75. The van der Waals surface area contributed by atoms with Crippen molar-refractivity contribution in [3.05, 3.63) is 24.3 Å². The molecule has 1 saturated heterocycles. The molecule has 0 saturated carbocycles. The van der Waals surface area contributed by atoms with E-state index in [-0.39, 0.29) is 16.7 Å². The molecular formula is C12H15N3O4S2. The number of primary sulfonamides is 1. The fourth-order valence-corrected chi connectivity index (χ4v) is 3.26. The first-order valence-electron chi connectivity index (χ1n) is 6.17. The maximum Gasteiger partial charge on any atom is 0.247 e. The molecule has 1 atom stereocenters. The number of benzene rings is 1. The predicted octanol–water partition coefficient (Wildman–Crippen LogP) is -0.106. The number of carbonyl (C=O) groups is 2. The fraction of sp³-hybridized carbons (Fsp3) is 0.333. The van der Waals surface area contributed by atoms with Crippen molar-refractivity contribution < 1.29 is 18.0 Å². The molecule has 4 N–H and O–H groups in total. The van der Waals surface area contributed by atoms with Crippen molar-refractivity contribution >= 4 is 39.3 Å². The molecule has 0 spiro atoms. The molecule has 1 fully saturated rings. The van der Waals surface area contributed by atoms with Crippen molar-refractivity contribution in [1.82, 2.24) is 5.32 Å². The molecule has 1 aromatic carbocycles. The van der Waals surface area contributed by atoms with E-state index >= 15 is 0 Å². The molecule has 7 nitrogen and oxygen atoms in total. The van der Waals surface area contributed by atoms with E-state index in [2.05, 4.69) is 10.6 Å². The maximum atomic E-state index is 12.1. The third-order valence-corrected chi connectivity index (χ3v) is 4.85. The largest absolute Gasteiger partial charge is 0.343 e. The van der Waals surface area contributed by atoms with E-state index in [0.29, 0.717) is 23.6 Å². The van der Waals surface area contributed by atoms with Crippen LogP contribution < -0.4 is 15.8 Å². The molecule has 0 bridgehead atoms. The third kappa shape index (κ3) is 4.45. The monoisotopic (exact) mass is 329 g/mol. The van der Waals surface area contributed by atoms with Crippen LogP contribution >= 0.6 is 11.8 Å². The van der Waals surface area contributed by atoms with Crippen LogP contribution in [0.3, 0.4) is 0 Å². The SMILES string of the molecule is NS(=O)(=O)c1ccc(NC(=O)C2CSCCC(=O)N2)cc1. The molecule has 2 rings (SSSR count). The number of nitrogens with one attached hydrogen (secondary N) is 2. The van der Waals surface area contributed by atoms with Gasteiger partial charge in [0.2, 0.25) is 21.8 Å². The van der Waals surface area contributed by atoms with Crippen LogP contribution in [-0.4, -0.2) is 37.8 Å². The van der Waals surface area contributed by atoms with Crippen molar-refractivity contribution in [1.29, 1.82) is 0 Å². The first kappa shape index (κ1) is 15.8. The Morgan fingerprint density at radius 2 is 2.00 bits per heavy atom. The minimum Gasteiger partial charge on any atom is -0.343 e. The summed E-state index contributed by atoms with van der Waals surface area (Å²) in [5.41, 5.74) is 0.441. The predicted molar refractivity (Wildman–Crippen MR) is 80.3 cm³/mol. The van der Waals surface area contributed by atoms with Crippen molar-refractivity contribution in [2.45, 2.75) is 17.4 Å². The fourth-order valence-electron chi connectivity index (χ4n) is 1.77. The minimum absolute atomic E-state index is 0.0289. The standard InChI is InChI=1S/C12H15N3O4S2/c13-21(18,19)9-3-1-8(2-4-9)14-12(17)10-7-20-6-5-11(16)15-10/h1-4,10H,5-7H2,(H,14,17)(H,15,16)(H2,13,18,19). The number of rotatable bonds is 3. The van der Waals surface area contributed by atoms with Gasteiger partial charge in [0.25, 0.3) is 0 Å². The Bertz CT molecular complexity index is 643. The summed E-state index contributed by atoms with van der Waals surface area (Å²) in [7, 11) is -3.75. The summed E-state index contributed by atoms with van der Waals surface area (Å²) in [5, 5.41) is 10.3. The van der Waals surface area contributed by atoms with Crippen LogP contribution in [0.5, 0.6) is 0 Å². The Kier molecular flexibility index (Phi) is 4.86. The molecule has 114 valence electrons. The summed E-state index contributed by atoms with van der Waals surface area (Å²) < 4.78 is 22.3. The summed E-state index contributed by atoms with van der Waals surface area (Å²) in [6.45, 7) is 0. The third-order valence-electron chi connectivity index (χ3n) is 2.86. The summed E-state index contributed by atoms with van der Waals surface area (Å²) in [6, 6.07) is 4.92. The van der Waals surface area contributed by atoms with E-state index in [0.717, 1.165) is 0 Å². The number of sulfonamides is 1. The van der Waals surface area contributed by atoms with Crippen molar-refractivity contribution in [3.8, 4) is 0 Å². The summed E-state index contributed by atoms with van der Waals surface area (Å²) in [6.07, 6.45) is 0.400. The van der Waals surface area contributed by atoms with Crippen LogP contribution in [-0.2, 0) is 19.6 Å². The van der Waals surface area contributed by atoms with Gasteiger partial charge >= 0.3 is 0 Å². The average molecular weight is 329 g/mol. The number of amides is 2. The van der Waals surface area contributed by atoms with Crippen LogP contribution in [0.25, 0.3) is 0 Å². The second-order valence-corrected chi connectivity index (χ2v) is 7.21. The second-order valence-electron chi connectivity index (χ2n) is 4.50. The second kappa shape index (κ2) is 6.46. The summed E-state index contributed by atoms with van der Waals surface area (Å²) in [5.74, 6) is 0.719. The molecule has 21 heavy (non-hydrogen) atoms. The van der Waals surface area contributed by atoms with Gasteiger partial charge in [-0.25, -0.2) is 13.6 Å². The number of hydrogen-bond donors (Lipinski definition) is 3. The van der Waals surface area contributed by atoms with Gasteiger partial charge in [0.15, 0.2) is 0 Å². The number of nitrogens with two attached hydrogens (primary N) is 1. The lowest BCUT2D eigenvalue weighted by molar-refractivity contribution is -0.125. The Labute approximate surface area is 126 Å². The van der Waals surface area contributed by atoms with Gasteiger partial charge in [0.1, 0.15) is 6.04 Å². The molecule has 1 aromatic rings. The van der Waals surface area contributed by atoms with Gasteiger partial charge in [0, 0.05) is 23.6 Å². The molecule has 1 heterocycles. The molecule has 1 aliphatic rings. The summed E-state index contributed by atoms with van der Waals surface area (Å²) >= 11 is 1.53. The lowest BCUT2D eigenvalue weighted by atomic mass is 10.2. The molecule has 0 aromatic heterocycles. The Morgan fingerprint density at radius 1 is 1.33 bits per heavy atom. The normalized spacial score (nSPS) is 19.5. The first-order chi connectivity index (χ1) is 9.86. The van der Waals surface area contributed by atoms with Gasteiger partial charge in [-0.2, -0.15) is 11.8 Å². The van der Waals surface area contributed by atoms with Gasteiger partial charge in [-0.15, -0.1) is 0 Å². The Hall–Kier alpha value is -1.58. The number of carbonyl (C=O) groups excluding carboxylic acids is 2. The molecule has 2 amide bonds. The van der Waals surface area contributed by atoms with Gasteiger partial charge in [-0.3, -0.25) is 9.59 Å². The van der Waals surface area contributed by atoms with E-state index < -0.39 is 16.1 Å². The first-order valence-corrected chi connectivity index (χ1v) is 8.87. The van der Waals surface area contributed by atoms with Gasteiger partial charge in [-0.1, -0.05) is 0 Å². The van der Waals surface area contributed by atoms with E-state index in [4.69, 9.17) is 5.14 Å². The highest BCUT2D eigenvalue weighted by Crippen LogP contribution is 2.15. The number of thioether (sulfide) groups is 1. The highest BCUT2D eigenvalue weighted by atomic mass is 32.2. The van der Waals surface area contributed by atoms with Crippen LogP contribution in [0.1, 0.15) is 6.42 Å². The van der Waals surface area contributed by atoms with E-state index in [1.807, 2.05) is 0 Å².